The van der Waals surface area contributed by atoms with Gasteiger partial charge in [0.25, 0.3) is 0 Å². The van der Waals surface area contributed by atoms with E-state index in [4.69, 9.17) is 0 Å². The van der Waals surface area contributed by atoms with Gasteiger partial charge in [-0.2, -0.15) is 0 Å². The van der Waals surface area contributed by atoms with Gasteiger partial charge in [0.05, 0.1) is 16.6 Å². The summed E-state index contributed by atoms with van der Waals surface area (Å²) in [5.74, 6) is 0. The first-order chi connectivity index (χ1) is 20.8. The number of para-hydroxylation sites is 2. The van der Waals surface area contributed by atoms with Crippen LogP contribution >= 0.6 is 0 Å². The smallest absolute Gasteiger partial charge is 0.0541 e. The van der Waals surface area contributed by atoms with Gasteiger partial charge in [0.15, 0.2) is 0 Å². The van der Waals surface area contributed by atoms with Gasteiger partial charge < -0.3 is 9.13 Å². The first kappa shape index (κ1) is 23.4. The number of benzene rings is 6. The summed E-state index contributed by atoms with van der Waals surface area (Å²) in [5.41, 5.74) is 11.4. The zero-order valence-electron chi connectivity index (χ0n) is 23.2. The van der Waals surface area contributed by atoms with Crippen LogP contribution in [0.1, 0.15) is 17.7 Å². The van der Waals surface area contributed by atoms with Gasteiger partial charge in [-0.3, -0.25) is 0 Å². The molecule has 42 heavy (non-hydrogen) atoms. The number of nitrogens with zero attached hydrogens (tertiary/aromatic N) is 2. The molecule has 0 atom stereocenters. The van der Waals surface area contributed by atoms with Crippen molar-refractivity contribution in [2.75, 3.05) is 0 Å². The van der Waals surface area contributed by atoms with Crippen LogP contribution in [0.3, 0.4) is 0 Å². The molecule has 2 nitrogen and oxygen atoms in total. The molecule has 0 aliphatic heterocycles. The van der Waals surface area contributed by atoms with E-state index in [1.54, 1.807) is 0 Å². The van der Waals surface area contributed by atoms with Gasteiger partial charge in [0.1, 0.15) is 0 Å². The van der Waals surface area contributed by atoms with Crippen LogP contribution in [0.2, 0.25) is 0 Å². The third kappa shape index (κ3) is 3.45. The topological polar surface area (TPSA) is 9.86 Å². The molecule has 9 rings (SSSR count). The van der Waals surface area contributed by atoms with E-state index >= 15 is 0 Å². The van der Waals surface area contributed by atoms with Crippen molar-refractivity contribution in [1.82, 2.24) is 9.13 Å². The average molecular weight is 537 g/mol. The van der Waals surface area contributed by atoms with Crippen molar-refractivity contribution in [3.8, 4) is 22.5 Å². The molecule has 198 valence electrons. The maximum atomic E-state index is 2.42. The number of allylic oxidation sites excluding steroid dienone is 1. The molecule has 0 fully saturated rings. The van der Waals surface area contributed by atoms with Crippen LogP contribution in [0.4, 0.5) is 0 Å². The quantitative estimate of drug-likeness (QED) is 0.213. The van der Waals surface area contributed by atoms with E-state index in [2.05, 4.69) is 155 Å². The van der Waals surface area contributed by atoms with E-state index in [1.807, 2.05) is 0 Å². The second-order valence-electron chi connectivity index (χ2n) is 11.3. The molecule has 2 heteroatoms. The lowest BCUT2D eigenvalue weighted by atomic mass is 9.97. The number of fused-ring (bicyclic) bond motifs is 7. The summed E-state index contributed by atoms with van der Waals surface area (Å²) >= 11 is 0. The Morgan fingerprint density at radius 3 is 2.00 bits per heavy atom. The molecular formula is C40H28N2. The zero-order valence-corrected chi connectivity index (χ0v) is 23.2. The summed E-state index contributed by atoms with van der Waals surface area (Å²) in [7, 11) is 0. The molecule has 0 saturated carbocycles. The maximum Gasteiger partial charge on any atom is 0.0541 e. The number of hydrogen-bond acceptors (Lipinski definition) is 0. The van der Waals surface area contributed by atoms with E-state index in [0.29, 0.717) is 0 Å². The summed E-state index contributed by atoms with van der Waals surface area (Å²) in [6.07, 6.45) is 6.77. The van der Waals surface area contributed by atoms with E-state index in [1.165, 1.54) is 77.2 Å². The molecule has 1 aliphatic rings. The molecule has 2 heterocycles. The second kappa shape index (κ2) is 9.09. The Balaban J connectivity index is 1.24. The molecule has 0 saturated heterocycles. The summed E-state index contributed by atoms with van der Waals surface area (Å²) < 4.78 is 4.83. The molecule has 0 radical (unpaired) electrons. The number of rotatable bonds is 3. The van der Waals surface area contributed by atoms with Gasteiger partial charge in [-0.15, -0.1) is 0 Å². The largest absolute Gasteiger partial charge is 0.310 e. The van der Waals surface area contributed by atoms with Gasteiger partial charge >= 0.3 is 0 Å². The maximum absolute atomic E-state index is 2.42. The minimum atomic E-state index is 1.07. The predicted molar refractivity (Wildman–Crippen MR) is 178 cm³/mol. The van der Waals surface area contributed by atoms with Crippen LogP contribution in [0.15, 0.2) is 140 Å². The normalized spacial score (nSPS) is 13.0. The van der Waals surface area contributed by atoms with E-state index in [9.17, 15) is 0 Å². The minimum Gasteiger partial charge on any atom is -0.310 e. The van der Waals surface area contributed by atoms with Gasteiger partial charge in [0.2, 0.25) is 0 Å². The van der Waals surface area contributed by atoms with Crippen LogP contribution in [0.5, 0.6) is 0 Å². The van der Waals surface area contributed by atoms with Crippen LogP contribution in [-0.2, 0) is 6.42 Å². The SMILES string of the molecule is C1=Cc2c(c3cc(-c4ccc5c(c4)c4ccccc4n5-c4ccc5ccccc5c4)ccc3n2-c2ccccc2)CC1. The van der Waals surface area contributed by atoms with Crippen molar-refractivity contribution in [2.45, 2.75) is 12.8 Å². The highest BCUT2D eigenvalue weighted by Crippen LogP contribution is 2.39. The predicted octanol–water partition coefficient (Wildman–Crippen LogP) is 10.5. The molecule has 0 N–H and O–H groups in total. The molecule has 8 aromatic rings. The zero-order chi connectivity index (χ0) is 27.6. The minimum absolute atomic E-state index is 1.07. The van der Waals surface area contributed by atoms with Gasteiger partial charge in [0, 0.05) is 33.2 Å². The first-order valence-electron chi connectivity index (χ1n) is 14.8. The fourth-order valence-corrected chi connectivity index (χ4v) is 7.02. The van der Waals surface area contributed by atoms with Crippen molar-refractivity contribution in [2.24, 2.45) is 0 Å². The lowest BCUT2D eigenvalue weighted by Crippen LogP contribution is -1.99. The molecule has 0 amide bonds. The van der Waals surface area contributed by atoms with Gasteiger partial charge in [-0.1, -0.05) is 84.9 Å². The molecule has 1 aliphatic carbocycles. The lowest BCUT2D eigenvalue weighted by Gasteiger charge is -2.11. The second-order valence-corrected chi connectivity index (χ2v) is 11.3. The fourth-order valence-electron chi connectivity index (χ4n) is 7.02. The van der Waals surface area contributed by atoms with Crippen LogP contribution in [0.25, 0.3) is 72.1 Å². The summed E-state index contributed by atoms with van der Waals surface area (Å²) in [5, 5.41) is 6.43. The van der Waals surface area contributed by atoms with Crippen molar-refractivity contribution < 1.29 is 0 Å². The Bertz CT molecular complexity index is 2350. The molecule has 6 aromatic carbocycles. The first-order valence-corrected chi connectivity index (χ1v) is 14.8. The third-order valence-electron chi connectivity index (χ3n) is 8.96. The van der Waals surface area contributed by atoms with Crippen molar-refractivity contribution in [1.29, 1.82) is 0 Å². The van der Waals surface area contributed by atoms with E-state index in [0.717, 1.165) is 12.8 Å². The van der Waals surface area contributed by atoms with Gasteiger partial charge in [-0.05, 0) is 101 Å². The highest BCUT2D eigenvalue weighted by atomic mass is 15.0. The monoisotopic (exact) mass is 536 g/mol. The van der Waals surface area contributed by atoms with E-state index in [-0.39, 0.29) is 0 Å². The van der Waals surface area contributed by atoms with Crippen molar-refractivity contribution in [3.63, 3.8) is 0 Å². The van der Waals surface area contributed by atoms with Gasteiger partial charge in [-0.25, -0.2) is 0 Å². The Morgan fingerprint density at radius 1 is 0.452 bits per heavy atom. The Morgan fingerprint density at radius 2 is 1.14 bits per heavy atom. The molecular weight excluding hydrogens is 508 g/mol. The summed E-state index contributed by atoms with van der Waals surface area (Å²) in [6.45, 7) is 0. The molecule has 0 bridgehead atoms. The molecule has 2 aromatic heterocycles. The van der Waals surface area contributed by atoms with Crippen molar-refractivity contribution >= 4 is 49.6 Å². The Hall–Kier alpha value is -5.34. The van der Waals surface area contributed by atoms with Crippen molar-refractivity contribution in [3.05, 3.63) is 151 Å². The lowest BCUT2D eigenvalue weighted by molar-refractivity contribution is 0.967. The number of aryl methyl sites for hydroxylation is 1. The molecule has 0 spiro atoms. The van der Waals surface area contributed by atoms with E-state index < -0.39 is 0 Å². The molecule has 0 unspecified atom stereocenters. The summed E-state index contributed by atoms with van der Waals surface area (Å²) in [6, 6.07) is 48.9. The highest BCUT2D eigenvalue weighted by molar-refractivity contribution is 6.11. The average Bonchev–Trinajstić information content (AvgIpc) is 3.57. The standard InChI is InChI=1S/C40H28N2/c1-2-12-31(13-3-1)41-37-16-8-6-14-33(37)35-25-29(19-22-39(35)41)30-20-23-40-36(26-30)34-15-7-9-17-38(34)42(40)32-21-18-27-10-4-5-11-28(27)24-32/h1-5,7-13,15-26H,6,14H2. The van der Waals surface area contributed by atoms with Crippen LogP contribution in [0, 0.1) is 0 Å². The summed E-state index contributed by atoms with van der Waals surface area (Å²) in [4.78, 5) is 0. The fraction of sp³-hybridized carbons (Fsp3) is 0.0500. The van der Waals surface area contributed by atoms with Crippen LogP contribution < -0.4 is 0 Å². The number of hydrogen-bond donors (Lipinski definition) is 0. The third-order valence-corrected chi connectivity index (χ3v) is 8.96. The van der Waals surface area contributed by atoms with Crippen LogP contribution in [-0.4, -0.2) is 9.13 Å². The highest BCUT2D eigenvalue weighted by Gasteiger charge is 2.19. The number of aromatic nitrogens is 2. The Labute approximate surface area is 244 Å². The Kier molecular flexibility index (Phi) is 5.06.